The summed E-state index contributed by atoms with van der Waals surface area (Å²) in [6.45, 7) is 2.10. The quantitative estimate of drug-likeness (QED) is 0.604. The minimum Gasteiger partial charge on any atom is -0.372 e. The van der Waals surface area contributed by atoms with Gasteiger partial charge in [-0.05, 0) is 25.2 Å². The Labute approximate surface area is 67.3 Å². The molecule has 3 fully saturated rings. The van der Waals surface area contributed by atoms with Crippen LogP contribution in [0.3, 0.4) is 0 Å². The maximum atomic E-state index is 5.88. The van der Waals surface area contributed by atoms with Crippen LogP contribution in [0, 0.1) is 5.92 Å². The first-order valence-electron chi connectivity index (χ1n) is 4.76. The molecule has 2 nitrogen and oxygen atoms in total. The van der Waals surface area contributed by atoms with Gasteiger partial charge >= 0.3 is 0 Å². The normalized spacial score (nSPS) is 49.6. The van der Waals surface area contributed by atoms with Gasteiger partial charge in [0.15, 0.2) is 0 Å². The van der Waals surface area contributed by atoms with Gasteiger partial charge in [0.05, 0.1) is 12.2 Å². The Bertz CT molecular complexity index is 168. The van der Waals surface area contributed by atoms with Crippen LogP contribution in [0.15, 0.2) is 0 Å². The topological polar surface area (TPSA) is 21.3 Å². The van der Waals surface area contributed by atoms with Crippen molar-refractivity contribution >= 4 is 0 Å². The van der Waals surface area contributed by atoms with Gasteiger partial charge in [-0.3, -0.25) is 0 Å². The van der Waals surface area contributed by atoms with Crippen LogP contribution < -0.4 is 5.32 Å². The Morgan fingerprint density at radius 2 is 2.27 bits per heavy atom. The molecule has 3 aliphatic rings. The van der Waals surface area contributed by atoms with E-state index < -0.39 is 0 Å². The monoisotopic (exact) mass is 153 g/mol. The molecule has 0 aromatic heterocycles. The highest BCUT2D eigenvalue weighted by Gasteiger charge is 2.52. The Hall–Kier alpha value is -0.0800. The predicted molar refractivity (Wildman–Crippen MR) is 42.4 cm³/mol. The molecule has 0 aromatic rings. The number of fused-ring (bicyclic) bond motifs is 2. The van der Waals surface area contributed by atoms with E-state index in [1.54, 1.807) is 0 Å². The molecule has 2 heteroatoms. The summed E-state index contributed by atoms with van der Waals surface area (Å²) in [6.07, 6.45) is 5.54. The lowest BCUT2D eigenvalue weighted by molar-refractivity contribution is -0.0732. The largest absolute Gasteiger partial charge is 0.372 e. The van der Waals surface area contributed by atoms with Crippen LogP contribution in [0.2, 0.25) is 0 Å². The highest BCUT2D eigenvalue weighted by molar-refractivity contribution is 5.06. The van der Waals surface area contributed by atoms with E-state index in [1.165, 1.54) is 25.7 Å². The van der Waals surface area contributed by atoms with Crippen molar-refractivity contribution in [1.82, 2.24) is 5.32 Å². The van der Waals surface area contributed by atoms with Crippen LogP contribution in [0.5, 0.6) is 0 Å². The van der Waals surface area contributed by atoms with E-state index in [4.69, 9.17) is 4.74 Å². The molecular weight excluding hydrogens is 138 g/mol. The summed E-state index contributed by atoms with van der Waals surface area (Å²) in [7, 11) is 0. The lowest BCUT2D eigenvalue weighted by atomic mass is 9.72. The third-order valence-corrected chi connectivity index (χ3v) is 3.70. The summed E-state index contributed by atoms with van der Waals surface area (Å²) >= 11 is 0. The van der Waals surface area contributed by atoms with E-state index >= 15 is 0 Å². The number of hydrogen-bond acceptors (Lipinski definition) is 2. The second-order valence-electron chi connectivity index (χ2n) is 4.29. The molecule has 0 radical (unpaired) electrons. The zero-order valence-corrected chi connectivity index (χ0v) is 6.81. The van der Waals surface area contributed by atoms with E-state index in [1.807, 2.05) is 0 Å². The molecule has 0 amide bonds. The lowest BCUT2D eigenvalue weighted by Gasteiger charge is -2.40. The fourth-order valence-corrected chi connectivity index (χ4v) is 2.74. The number of morpholine rings is 1. The third kappa shape index (κ3) is 0.744. The Kier molecular flexibility index (Phi) is 1.16. The molecule has 2 bridgehead atoms. The van der Waals surface area contributed by atoms with E-state index in [9.17, 15) is 0 Å². The van der Waals surface area contributed by atoms with Gasteiger partial charge in [0.1, 0.15) is 0 Å². The van der Waals surface area contributed by atoms with Crippen LogP contribution in [0.1, 0.15) is 25.7 Å². The first-order valence-corrected chi connectivity index (χ1v) is 4.76. The molecule has 0 spiro atoms. The summed E-state index contributed by atoms with van der Waals surface area (Å²) in [5.74, 6) is 0.891. The van der Waals surface area contributed by atoms with E-state index in [2.05, 4.69) is 5.32 Å². The third-order valence-electron chi connectivity index (χ3n) is 3.70. The molecular formula is C9H15NO. The van der Waals surface area contributed by atoms with Gasteiger partial charge in [0.2, 0.25) is 0 Å². The molecule has 2 saturated heterocycles. The number of ether oxygens (including phenoxy) is 1. The summed E-state index contributed by atoms with van der Waals surface area (Å²) in [5, 5.41) is 3.52. The van der Waals surface area contributed by atoms with Crippen molar-refractivity contribution in [2.45, 2.75) is 37.3 Å². The van der Waals surface area contributed by atoms with Crippen LogP contribution in [0.4, 0.5) is 0 Å². The van der Waals surface area contributed by atoms with Crippen molar-refractivity contribution in [3.8, 4) is 0 Å². The second-order valence-corrected chi connectivity index (χ2v) is 4.29. The summed E-state index contributed by atoms with van der Waals surface area (Å²) in [5.41, 5.74) is 0.295. The van der Waals surface area contributed by atoms with Crippen molar-refractivity contribution in [1.29, 1.82) is 0 Å². The molecule has 2 atom stereocenters. The van der Waals surface area contributed by atoms with E-state index in [-0.39, 0.29) is 0 Å². The smallest absolute Gasteiger partial charge is 0.0850 e. The molecule has 1 N–H and O–H groups in total. The van der Waals surface area contributed by atoms with E-state index in [0.717, 1.165) is 19.1 Å². The molecule has 3 rings (SSSR count). The van der Waals surface area contributed by atoms with Crippen LogP contribution >= 0.6 is 0 Å². The predicted octanol–water partition coefficient (Wildman–Crippen LogP) is 0.917. The number of hydrogen-bond donors (Lipinski definition) is 1. The average Bonchev–Trinajstić information content (AvgIpc) is 2.41. The lowest BCUT2D eigenvalue weighted by Crippen LogP contribution is -2.47. The first-order chi connectivity index (χ1) is 5.39. The maximum absolute atomic E-state index is 5.88. The zero-order chi connectivity index (χ0) is 7.31. The minimum atomic E-state index is 0.295. The highest BCUT2D eigenvalue weighted by Crippen LogP contribution is 2.46. The van der Waals surface area contributed by atoms with Gasteiger partial charge in [-0.2, -0.15) is 0 Å². The van der Waals surface area contributed by atoms with Crippen molar-refractivity contribution in [3.63, 3.8) is 0 Å². The summed E-state index contributed by atoms with van der Waals surface area (Å²) in [6, 6.07) is 0.690. The highest BCUT2D eigenvalue weighted by atomic mass is 16.5. The molecule has 2 unspecified atom stereocenters. The Morgan fingerprint density at radius 3 is 2.64 bits per heavy atom. The molecule has 11 heavy (non-hydrogen) atoms. The Morgan fingerprint density at radius 1 is 1.36 bits per heavy atom. The number of rotatable bonds is 1. The summed E-state index contributed by atoms with van der Waals surface area (Å²) in [4.78, 5) is 0. The van der Waals surface area contributed by atoms with Crippen molar-refractivity contribution < 1.29 is 4.74 Å². The zero-order valence-electron chi connectivity index (χ0n) is 6.81. The molecule has 2 heterocycles. The van der Waals surface area contributed by atoms with Crippen LogP contribution in [0.25, 0.3) is 0 Å². The molecule has 0 aromatic carbocycles. The maximum Gasteiger partial charge on any atom is 0.0850 e. The molecule has 1 aliphatic carbocycles. The fraction of sp³-hybridized carbons (Fsp3) is 1.00. The first kappa shape index (κ1) is 6.44. The summed E-state index contributed by atoms with van der Waals surface area (Å²) < 4.78 is 5.88. The fourth-order valence-electron chi connectivity index (χ4n) is 2.74. The van der Waals surface area contributed by atoms with Gasteiger partial charge in [0.25, 0.3) is 0 Å². The molecule has 2 aliphatic heterocycles. The van der Waals surface area contributed by atoms with Gasteiger partial charge < -0.3 is 10.1 Å². The van der Waals surface area contributed by atoms with Gasteiger partial charge in [-0.1, -0.05) is 6.42 Å². The molecule has 1 saturated carbocycles. The van der Waals surface area contributed by atoms with Crippen molar-refractivity contribution in [3.05, 3.63) is 0 Å². The SMILES string of the molecule is C1CC(C23CNC(CO2)C3)C1. The standard InChI is InChI=1S/C9H15NO/c1-2-7(3-1)9-4-8(5-11-9)10-6-9/h7-8,10H,1-6H2. The van der Waals surface area contributed by atoms with Crippen molar-refractivity contribution in [2.75, 3.05) is 13.2 Å². The van der Waals surface area contributed by atoms with Gasteiger partial charge in [-0.15, -0.1) is 0 Å². The van der Waals surface area contributed by atoms with Gasteiger partial charge in [-0.25, -0.2) is 0 Å². The Balaban J connectivity index is 1.82. The minimum absolute atomic E-state index is 0.295. The van der Waals surface area contributed by atoms with E-state index in [0.29, 0.717) is 11.6 Å². The molecule has 62 valence electrons. The van der Waals surface area contributed by atoms with Crippen LogP contribution in [-0.2, 0) is 4.74 Å². The van der Waals surface area contributed by atoms with Crippen molar-refractivity contribution in [2.24, 2.45) is 5.92 Å². The average molecular weight is 153 g/mol. The number of nitrogens with one attached hydrogen (secondary N) is 1. The van der Waals surface area contributed by atoms with Crippen LogP contribution in [-0.4, -0.2) is 24.8 Å². The second kappa shape index (κ2) is 1.99. The van der Waals surface area contributed by atoms with Gasteiger partial charge in [0, 0.05) is 12.6 Å².